The summed E-state index contributed by atoms with van der Waals surface area (Å²) in [6.45, 7) is 5.58. The van der Waals surface area contributed by atoms with Gasteiger partial charge < -0.3 is 10.2 Å². The van der Waals surface area contributed by atoms with Crippen LogP contribution in [0.4, 0.5) is 11.6 Å². The minimum Gasteiger partial charge on any atom is -0.370 e. The fourth-order valence-electron chi connectivity index (χ4n) is 1.44. The van der Waals surface area contributed by atoms with Crippen LogP contribution in [-0.2, 0) is 6.42 Å². The van der Waals surface area contributed by atoms with E-state index in [1.165, 1.54) is 0 Å². The van der Waals surface area contributed by atoms with Crippen LogP contribution < -0.4 is 10.2 Å². The van der Waals surface area contributed by atoms with Crippen LogP contribution in [0.2, 0.25) is 0 Å². The predicted molar refractivity (Wildman–Crippen MR) is 69.1 cm³/mol. The highest BCUT2D eigenvalue weighted by Gasteiger charge is 2.07. The molecule has 5 heteroatoms. The molecule has 0 aliphatic heterocycles. The summed E-state index contributed by atoms with van der Waals surface area (Å²) in [6, 6.07) is 4.05. The van der Waals surface area contributed by atoms with Gasteiger partial charge in [0.2, 0.25) is 0 Å². The normalized spacial score (nSPS) is 9.76. The number of rotatable bonds is 6. The Hall–Kier alpha value is -1.83. The molecule has 0 aliphatic carbocycles. The number of hydrogen-bond donors (Lipinski definition) is 1. The van der Waals surface area contributed by atoms with Gasteiger partial charge in [0.05, 0.1) is 12.5 Å². The smallest absolute Gasteiger partial charge is 0.134 e. The molecule has 0 bridgehead atoms. The monoisotopic (exact) mass is 233 g/mol. The highest BCUT2D eigenvalue weighted by Crippen LogP contribution is 2.15. The summed E-state index contributed by atoms with van der Waals surface area (Å²) in [4.78, 5) is 10.8. The number of aryl methyl sites for hydroxylation is 1. The summed E-state index contributed by atoms with van der Waals surface area (Å²) in [5, 5.41) is 11.8. The molecular weight excluding hydrogens is 214 g/mol. The Kier molecular flexibility index (Phi) is 5.21. The highest BCUT2D eigenvalue weighted by molar-refractivity contribution is 5.49. The Morgan fingerprint density at radius 1 is 1.41 bits per heavy atom. The van der Waals surface area contributed by atoms with Gasteiger partial charge in [0.1, 0.15) is 17.5 Å². The molecule has 0 fully saturated rings. The zero-order chi connectivity index (χ0) is 12.7. The molecule has 0 aliphatic rings. The molecule has 0 saturated carbocycles. The lowest BCUT2D eigenvalue weighted by molar-refractivity contribution is 0.853. The SMILES string of the molecule is CCNc1cc(N(C)CCC#N)nc(CC)n1. The maximum atomic E-state index is 8.58. The van der Waals surface area contributed by atoms with Gasteiger partial charge in [0.15, 0.2) is 0 Å². The number of nitrogens with one attached hydrogen (secondary N) is 1. The van der Waals surface area contributed by atoms with E-state index in [4.69, 9.17) is 5.26 Å². The van der Waals surface area contributed by atoms with Crippen LogP contribution in [0.5, 0.6) is 0 Å². The molecule has 0 atom stereocenters. The number of nitriles is 1. The second-order valence-electron chi connectivity index (χ2n) is 3.74. The van der Waals surface area contributed by atoms with Crippen molar-refractivity contribution < 1.29 is 0 Å². The standard InChI is InChI=1S/C12H19N5/c1-4-10-15-11(14-5-2)9-12(16-10)17(3)8-6-7-13/h9H,4-6,8H2,1-3H3,(H,14,15,16). The molecule has 0 amide bonds. The summed E-state index contributed by atoms with van der Waals surface area (Å²) in [7, 11) is 1.94. The number of anilines is 2. The fourth-order valence-corrected chi connectivity index (χ4v) is 1.44. The van der Waals surface area contributed by atoms with Gasteiger partial charge in [-0.25, -0.2) is 9.97 Å². The minimum absolute atomic E-state index is 0.499. The van der Waals surface area contributed by atoms with E-state index in [1.54, 1.807) is 0 Å². The first kappa shape index (κ1) is 13.2. The molecule has 0 unspecified atom stereocenters. The second kappa shape index (κ2) is 6.69. The summed E-state index contributed by atoms with van der Waals surface area (Å²) in [5.74, 6) is 2.53. The van der Waals surface area contributed by atoms with Gasteiger partial charge in [-0.05, 0) is 6.92 Å². The Labute approximate surface area is 102 Å². The van der Waals surface area contributed by atoms with Gasteiger partial charge in [0.25, 0.3) is 0 Å². The van der Waals surface area contributed by atoms with Gasteiger partial charge in [-0.2, -0.15) is 5.26 Å². The molecular formula is C12H19N5. The molecule has 1 aromatic heterocycles. The molecule has 0 aromatic carbocycles. The average Bonchev–Trinajstić information content (AvgIpc) is 2.35. The third-order valence-corrected chi connectivity index (χ3v) is 2.38. The number of aromatic nitrogens is 2. The van der Waals surface area contributed by atoms with Gasteiger partial charge in [-0.3, -0.25) is 0 Å². The summed E-state index contributed by atoms with van der Waals surface area (Å²) < 4.78 is 0. The van der Waals surface area contributed by atoms with Crippen molar-refractivity contribution in [1.82, 2.24) is 9.97 Å². The molecule has 1 rings (SSSR count). The fraction of sp³-hybridized carbons (Fsp3) is 0.583. The third-order valence-electron chi connectivity index (χ3n) is 2.38. The molecule has 1 heterocycles. The van der Waals surface area contributed by atoms with Crippen molar-refractivity contribution in [3.05, 3.63) is 11.9 Å². The van der Waals surface area contributed by atoms with Crippen LogP contribution in [0.25, 0.3) is 0 Å². The molecule has 0 spiro atoms. The zero-order valence-electron chi connectivity index (χ0n) is 10.7. The lowest BCUT2D eigenvalue weighted by Crippen LogP contribution is -2.20. The van der Waals surface area contributed by atoms with Crippen molar-refractivity contribution in [2.45, 2.75) is 26.7 Å². The molecule has 1 aromatic rings. The first-order chi connectivity index (χ1) is 8.21. The van der Waals surface area contributed by atoms with E-state index >= 15 is 0 Å². The maximum absolute atomic E-state index is 8.58. The van der Waals surface area contributed by atoms with Crippen molar-refractivity contribution in [2.75, 3.05) is 30.4 Å². The van der Waals surface area contributed by atoms with Crippen molar-refractivity contribution in [3.8, 4) is 6.07 Å². The lowest BCUT2D eigenvalue weighted by atomic mass is 10.3. The molecule has 0 radical (unpaired) electrons. The van der Waals surface area contributed by atoms with Crippen LogP contribution in [0, 0.1) is 11.3 Å². The van der Waals surface area contributed by atoms with Crippen molar-refractivity contribution in [3.63, 3.8) is 0 Å². The molecule has 92 valence electrons. The van der Waals surface area contributed by atoms with Crippen molar-refractivity contribution in [1.29, 1.82) is 5.26 Å². The predicted octanol–water partition coefficient (Wildman–Crippen LogP) is 1.82. The Morgan fingerprint density at radius 3 is 2.76 bits per heavy atom. The van der Waals surface area contributed by atoms with Gasteiger partial charge >= 0.3 is 0 Å². The topological polar surface area (TPSA) is 64.8 Å². The Balaban J connectivity index is 2.89. The van der Waals surface area contributed by atoms with E-state index in [-0.39, 0.29) is 0 Å². The van der Waals surface area contributed by atoms with E-state index in [0.717, 1.165) is 30.4 Å². The zero-order valence-corrected chi connectivity index (χ0v) is 10.7. The number of nitrogens with zero attached hydrogens (tertiary/aromatic N) is 4. The first-order valence-corrected chi connectivity index (χ1v) is 5.91. The van der Waals surface area contributed by atoms with E-state index < -0.39 is 0 Å². The average molecular weight is 233 g/mol. The Morgan fingerprint density at radius 2 is 2.18 bits per heavy atom. The number of hydrogen-bond acceptors (Lipinski definition) is 5. The van der Waals surface area contributed by atoms with Crippen LogP contribution in [0.3, 0.4) is 0 Å². The van der Waals surface area contributed by atoms with Crippen molar-refractivity contribution in [2.24, 2.45) is 0 Å². The highest BCUT2D eigenvalue weighted by atomic mass is 15.2. The van der Waals surface area contributed by atoms with Gasteiger partial charge in [-0.15, -0.1) is 0 Å². The van der Waals surface area contributed by atoms with Crippen LogP contribution in [0.1, 0.15) is 26.1 Å². The van der Waals surface area contributed by atoms with E-state index in [9.17, 15) is 0 Å². The lowest BCUT2D eigenvalue weighted by Gasteiger charge is -2.18. The van der Waals surface area contributed by atoms with E-state index in [2.05, 4.69) is 21.4 Å². The summed E-state index contributed by atoms with van der Waals surface area (Å²) >= 11 is 0. The van der Waals surface area contributed by atoms with E-state index in [0.29, 0.717) is 13.0 Å². The van der Waals surface area contributed by atoms with Crippen LogP contribution in [-0.4, -0.2) is 30.1 Å². The maximum Gasteiger partial charge on any atom is 0.134 e. The molecule has 1 N–H and O–H groups in total. The molecule has 17 heavy (non-hydrogen) atoms. The first-order valence-electron chi connectivity index (χ1n) is 5.91. The van der Waals surface area contributed by atoms with Gasteiger partial charge in [-0.1, -0.05) is 6.92 Å². The third kappa shape index (κ3) is 3.91. The van der Waals surface area contributed by atoms with E-state index in [1.807, 2.05) is 31.9 Å². The summed E-state index contributed by atoms with van der Waals surface area (Å²) in [5.41, 5.74) is 0. The van der Waals surface area contributed by atoms with Crippen LogP contribution in [0.15, 0.2) is 6.07 Å². The van der Waals surface area contributed by atoms with Crippen LogP contribution >= 0.6 is 0 Å². The largest absolute Gasteiger partial charge is 0.370 e. The second-order valence-corrected chi connectivity index (χ2v) is 3.74. The quantitative estimate of drug-likeness (QED) is 0.812. The summed E-state index contributed by atoms with van der Waals surface area (Å²) in [6.07, 6.45) is 1.30. The van der Waals surface area contributed by atoms with Crippen molar-refractivity contribution >= 4 is 11.6 Å². The van der Waals surface area contributed by atoms with Gasteiger partial charge in [0, 0.05) is 32.6 Å². The minimum atomic E-state index is 0.499. The Bertz CT molecular complexity index is 396. The molecule has 0 saturated heterocycles. The molecule has 5 nitrogen and oxygen atoms in total.